The molecule has 31 heavy (non-hydrogen) atoms. The van der Waals surface area contributed by atoms with Gasteiger partial charge in [0, 0.05) is 24.7 Å². The summed E-state index contributed by atoms with van der Waals surface area (Å²) in [5.74, 6) is 1.14. The molecule has 164 valence electrons. The van der Waals surface area contributed by atoms with Crippen molar-refractivity contribution in [1.82, 2.24) is 14.4 Å². The van der Waals surface area contributed by atoms with Crippen molar-refractivity contribution < 1.29 is 17.7 Å². The topological polar surface area (TPSA) is 105 Å². The number of amides is 1. The number of benzene rings is 2. The molecule has 1 N–H and O–H groups in total. The fourth-order valence-corrected chi connectivity index (χ4v) is 4.73. The van der Waals surface area contributed by atoms with Gasteiger partial charge in [-0.3, -0.25) is 4.79 Å². The quantitative estimate of drug-likeness (QED) is 0.535. The van der Waals surface area contributed by atoms with Gasteiger partial charge in [0.15, 0.2) is 5.82 Å². The van der Waals surface area contributed by atoms with Crippen molar-refractivity contribution in [3.8, 4) is 0 Å². The Balaban J connectivity index is 1.87. The SMILES string of the molecule is Cc1noc(CSc2ccccc2C(=O)Nc2cc(S(=O)(=O)N(C)C)cc(C)c2C)n1. The van der Waals surface area contributed by atoms with Gasteiger partial charge in [0.1, 0.15) is 0 Å². The first kappa shape index (κ1) is 23.0. The number of nitrogens with zero attached hydrogens (tertiary/aromatic N) is 3. The summed E-state index contributed by atoms with van der Waals surface area (Å²) in [6.07, 6.45) is 0. The Hall–Kier alpha value is -2.69. The molecule has 1 aromatic heterocycles. The number of hydrogen-bond acceptors (Lipinski definition) is 7. The van der Waals surface area contributed by atoms with E-state index in [0.29, 0.717) is 28.7 Å². The molecule has 0 fully saturated rings. The third-order valence-electron chi connectivity index (χ3n) is 4.72. The Labute approximate surface area is 186 Å². The van der Waals surface area contributed by atoms with Gasteiger partial charge in [0.25, 0.3) is 5.91 Å². The Kier molecular flexibility index (Phi) is 6.83. The highest BCUT2D eigenvalue weighted by atomic mass is 32.2. The lowest BCUT2D eigenvalue weighted by Crippen LogP contribution is -2.23. The second-order valence-corrected chi connectivity index (χ2v) is 10.3. The van der Waals surface area contributed by atoms with Crippen molar-refractivity contribution in [3.05, 3.63) is 64.8 Å². The molecule has 0 aliphatic carbocycles. The summed E-state index contributed by atoms with van der Waals surface area (Å²) in [6.45, 7) is 5.40. The van der Waals surface area contributed by atoms with E-state index in [2.05, 4.69) is 15.5 Å². The van der Waals surface area contributed by atoms with Crippen molar-refractivity contribution in [2.75, 3.05) is 19.4 Å². The van der Waals surface area contributed by atoms with Gasteiger partial charge in [0.2, 0.25) is 15.9 Å². The second-order valence-electron chi connectivity index (χ2n) is 7.17. The average Bonchev–Trinajstić information content (AvgIpc) is 3.14. The van der Waals surface area contributed by atoms with E-state index in [9.17, 15) is 13.2 Å². The van der Waals surface area contributed by atoms with Gasteiger partial charge in [-0.05, 0) is 56.2 Å². The number of nitrogens with one attached hydrogen (secondary N) is 1. The lowest BCUT2D eigenvalue weighted by Gasteiger charge is -2.17. The van der Waals surface area contributed by atoms with Gasteiger partial charge in [-0.15, -0.1) is 11.8 Å². The first-order valence-electron chi connectivity index (χ1n) is 9.45. The summed E-state index contributed by atoms with van der Waals surface area (Å²) in [5, 5.41) is 6.64. The molecule has 0 radical (unpaired) electrons. The van der Waals surface area contributed by atoms with Crippen LogP contribution in [0.2, 0.25) is 0 Å². The zero-order valence-corrected chi connectivity index (χ0v) is 19.6. The van der Waals surface area contributed by atoms with Crippen molar-refractivity contribution in [1.29, 1.82) is 0 Å². The summed E-state index contributed by atoms with van der Waals surface area (Å²) in [6, 6.07) is 10.3. The molecule has 3 rings (SSSR count). The maximum Gasteiger partial charge on any atom is 0.256 e. The monoisotopic (exact) mass is 460 g/mol. The van der Waals surface area contributed by atoms with Crippen LogP contribution in [0, 0.1) is 20.8 Å². The van der Waals surface area contributed by atoms with E-state index in [-0.39, 0.29) is 10.8 Å². The lowest BCUT2D eigenvalue weighted by atomic mass is 10.1. The van der Waals surface area contributed by atoms with Gasteiger partial charge in [-0.1, -0.05) is 17.3 Å². The zero-order chi connectivity index (χ0) is 22.8. The van der Waals surface area contributed by atoms with E-state index in [4.69, 9.17) is 4.52 Å². The molecule has 0 atom stereocenters. The molecule has 0 aliphatic rings. The van der Waals surface area contributed by atoms with E-state index >= 15 is 0 Å². The highest BCUT2D eigenvalue weighted by Crippen LogP contribution is 2.29. The van der Waals surface area contributed by atoms with E-state index < -0.39 is 10.0 Å². The van der Waals surface area contributed by atoms with Gasteiger partial charge >= 0.3 is 0 Å². The molecule has 0 spiro atoms. The number of hydrogen-bond donors (Lipinski definition) is 1. The number of rotatable bonds is 7. The van der Waals surface area contributed by atoms with Crippen LogP contribution in [-0.2, 0) is 15.8 Å². The fourth-order valence-electron chi connectivity index (χ4n) is 2.82. The predicted molar refractivity (Wildman–Crippen MR) is 120 cm³/mol. The summed E-state index contributed by atoms with van der Waals surface area (Å²) in [4.78, 5) is 18.1. The molecule has 8 nitrogen and oxygen atoms in total. The molecular weight excluding hydrogens is 436 g/mol. The van der Waals surface area contributed by atoms with Crippen LogP contribution in [0.25, 0.3) is 0 Å². The van der Waals surface area contributed by atoms with Crippen LogP contribution in [-0.4, -0.2) is 42.9 Å². The highest BCUT2D eigenvalue weighted by Gasteiger charge is 2.21. The number of carbonyl (C=O) groups is 1. The third kappa shape index (κ3) is 5.15. The van der Waals surface area contributed by atoms with Crippen LogP contribution in [0.4, 0.5) is 5.69 Å². The van der Waals surface area contributed by atoms with E-state index in [1.807, 2.05) is 26.0 Å². The molecule has 0 aliphatic heterocycles. The normalized spacial score (nSPS) is 11.7. The average molecular weight is 461 g/mol. The van der Waals surface area contributed by atoms with Crippen LogP contribution in [0.3, 0.4) is 0 Å². The van der Waals surface area contributed by atoms with Crippen molar-refractivity contribution in [3.63, 3.8) is 0 Å². The molecule has 0 bridgehead atoms. The standard InChI is InChI=1S/C21H24N4O4S2/c1-13-10-16(31(27,28)25(4)5)11-18(14(13)2)23-21(26)17-8-6-7-9-19(17)30-12-20-22-15(3)24-29-20/h6-11H,12H2,1-5H3,(H,23,26). The Morgan fingerprint density at radius 3 is 2.52 bits per heavy atom. The number of sulfonamides is 1. The predicted octanol–water partition coefficient (Wildman–Crippen LogP) is 3.79. The summed E-state index contributed by atoms with van der Waals surface area (Å²) >= 11 is 1.41. The molecule has 10 heteroatoms. The van der Waals surface area contributed by atoms with E-state index in [0.717, 1.165) is 20.3 Å². The van der Waals surface area contributed by atoms with Crippen LogP contribution in [0.5, 0.6) is 0 Å². The number of aryl methyl sites for hydroxylation is 2. The first-order chi connectivity index (χ1) is 14.6. The molecule has 2 aromatic carbocycles. The molecule has 1 heterocycles. The first-order valence-corrected chi connectivity index (χ1v) is 11.9. The van der Waals surface area contributed by atoms with Gasteiger partial charge < -0.3 is 9.84 Å². The van der Waals surface area contributed by atoms with Crippen LogP contribution in [0.1, 0.15) is 33.2 Å². The minimum atomic E-state index is -3.63. The van der Waals surface area contributed by atoms with Crippen LogP contribution >= 0.6 is 11.8 Å². The van der Waals surface area contributed by atoms with Crippen LogP contribution in [0.15, 0.2) is 50.7 Å². The molecule has 0 saturated carbocycles. The molecule has 0 saturated heterocycles. The van der Waals surface area contributed by atoms with Gasteiger partial charge in [0.05, 0.1) is 16.2 Å². The molecule has 1 amide bonds. The Morgan fingerprint density at radius 1 is 1.16 bits per heavy atom. The minimum absolute atomic E-state index is 0.130. The number of thioether (sulfide) groups is 1. The van der Waals surface area contributed by atoms with Crippen LogP contribution < -0.4 is 5.32 Å². The molecule has 3 aromatic rings. The largest absolute Gasteiger partial charge is 0.338 e. The Morgan fingerprint density at radius 2 is 1.87 bits per heavy atom. The number of carbonyl (C=O) groups excluding carboxylic acids is 1. The summed E-state index contributed by atoms with van der Waals surface area (Å²) in [7, 11) is -0.683. The smallest absolute Gasteiger partial charge is 0.256 e. The van der Waals surface area contributed by atoms with E-state index in [1.165, 1.54) is 31.9 Å². The third-order valence-corrected chi connectivity index (χ3v) is 7.57. The van der Waals surface area contributed by atoms with Gasteiger partial charge in [-0.25, -0.2) is 12.7 Å². The molecule has 0 unspecified atom stereocenters. The number of aromatic nitrogens is 2. The maximum atomic E-state index is 13.1. The number of anilines is 1. The highest BCUT2D eigenvalue weighted by molar-refractivity contribution is 7.98. The van der Waals surface area contributed by atoms with Gasteiger partial charge in [-0.2, -0.15) is 4.98 Å². The van der Waals surface area contributed by atoms with Crippen molar-refractivity contribution >= 4 is 33.4 Å². The minimum Gasteiger partial charge on any atom is -0.338 e. The lowest BCUT2D eigenvalue weighted by molar-refractivity contribution is 0.102. The van der Waals surface area contributed by atoms with Crippen molar-refractivity contribution in [2.45, 2.75) is 36.3 Å². The molecular formula is C21H24N4O4S2. The summed E-state index contributed by atoms with van der Waals surface area (Å²) in [5.41, 5.74) is 2.50. The second kappa shape index (κ2) is 9.21. The zero-order valence-electron chi connectivity index (χ0n) is 18.0. The maximum absolute atomic E-state index is 13.1. The summed E-state index contributed by atoms with van der Waals surface area (Å²) < 4.78 is 31.4. The van der Waals surface area contributed by atoms with Crippen molar-refractivity contribution in [2.24, 2.45) is 0 Å². The Bertz CT molecular complexity index is 1220. The van der Waals surface area contributed by atoms with E-state index in [1.54, 1.807) is 25.1 Å². The fraction of sp³-hybridized carbons (Fsp3) is 0.286.